The van der Waals surface area contributed by atoms with Gasteiger partial charge in [-0.3, -0.25) is 0 Å². The van der Waals surface area contributed by atoms with Crippen molar-refractivity contribution in [2.75, 3.05) is 36.9 Å². The first-order chi connectivity index (χ1) is 22.8. The number of aromatic nitrogens is 3. The van der Waals surface area contributed by atoms with Gasteiger partial charge in [-0.25, -0.2) is 19.7 Å². The van der Waals surface area contributed by atoms with Crippen molar-refractivity contribution in [1.29, 1.82) is 0 Å². The number of hydrogen-bond donors (Lipinski definition) is 2. The number of nitrogens with one attached hydrogen (secondary N) is 2. The molecule has 2 aromatic heterocycles. The average Bonchev–Trinajstić information content (AvgIpc) is 3.03. The summed E-state index contributed by atoms with van der Waals surface area (Å²) in [5.41, 5.74) is 1.95. The minimum absolute atomic E-state index is 0.0534. The van der Waals surface area contributed by atoms with Gasteiger partial charge in [0.1, 0.15) is 11.4 Å². The molecule has 2 N–H and O–H groups in total. The summed E-state index contributed by atoms with van der Waals surface area (Å²) in [7, 11) is 0. The fourth-order valence-electron chi connectivity index (χ4n) is 5.51. The van der Waals surface area contributed by atoms with Crippen LogP contribution in [0.5, 0.6) is 11.6 Å². The van der Waals surface area contributed by atoms with Crippen LogP contribution in [0.3, 0.4) is 0 Å². The van der Waals surface area contributed by atoms with Crippen molar-refractivity contribution in [2.24, 2.45) is 0 Å². The lowest BCUT2D eigenvalue weighted by molar-refractivity contribution is -0.214. The van der Waals surface area contributed by atoms with E-state index in [1.807, 2.05) is 52.0 Å². The summed E-state index contributed by atoms with van der Waals surface area (Å²) in [5.74, 6) is 1.23. The summed E-state index contributed by atoms with van der Waals surface area (Å²) >= 11 is 0. The molecule has 4 aromatic rings. The second kappa shape index (κ2) is 14.6. The molecule has 1 fully saturated rings. The Kier molecular flexibility index (Phi) is 10.6. The normalized spacial score (nSPS) is 16.0. The molecule has 1 amide bonds. The third-order valence-electron chi connectivity index (χ3n) is 7.73. The van der Waals surface area contributed by atoms with Crippen molar-refractivity contribution in [2.45, 2.75) is 71.4 Å². The van der Waals surface area contributed by atoms with Gasteiger partial charge in [0.05, 0.1) is 17.8 Å². The molecule has 0 spiro atoms. The lowest BCUT2D eigenvalue weighted by Crippen LogP contribution is -2.47. The maximum atomic E-state index is 13.5. The van der Waals surface area contributed by atoms with E-state index in [0.29, 0.717) is 58.4 Å². The second-order valence-electron chi connectivity index (χ2n) is 12.6. The zero-order valence-corrected chi connectivity index (χ0v) is 27.7. The number of piperidine rings is 1. The van der Waals surface area contributed by atoms with Crippen molar-refractivity contribution >= 4 is 28.5 Å². The maximum Gasteiger partial charge on any atom is 0.416 e. The zero-order chi connectivity index (χ0) is 34.5. The number of carbonyl (C=O) groups is 1. The molecule has 1 aliphatic rings. The van der Waals surface area contributed by atoms with Crippen molar-refractivity contribution in [1.82, 2.24) is 19.9 Å². The highest BCUT2D eigenvalue weighted by Crippen LogP contribution is 2.39. The smallest absolute Gasteiger partial charge is 0.416 e. The molecule has 2 unspecified atom stereocenters. The first-order valence-electron chi connectivity index (χ1n) is 16.0. The van der Waals surface area contributed by atoms with E-state index >= 15 is 0 Å². The molecule has 48 heavy (non-hydrogen) atoms. The number of fused-ring (bicyclic) bond motifs is 1. The van der Waals surface area contributed by atoms with E-state index < -0.39 is 24.4 Å². The number of ether oxygens (including phenoxy) is 3. The van der Waals surface area contributed by atoms with Crippen molar-refractivity contribution in [3.05, 3.63) is 66.5 Å². The van der Waals surface area contributed by atoms with E-state index in [9.17, 15) is 18.0 Å². The quantitative estimate of drug-likeness (QED) is 0.174. The molecule has 3 heterocycles. The highest BCUT2D eigenvalue weighted by molar-refractivity contribution is 5.98. The number of hydrogen-bond acceptors (Lipinski definition) is 9. The van der Waals surface area contributed by atoms with Gasteiger partial charge in [0, 0.05) is 54.6 Å². The molecule has 1 aliphatic heterocycles. The molecular weight excluding hydrogens is 625 g/mol. The number of anilines is 2. The van der Waals surface area contributed by atoms with E-state index in [1.54, 1.807) is 41.6 Å². The fraction of sp³-hybridized carbons (Fsp3) is 0.429. The fourth-order valence-corrected chi connectivity index (χ4v) is 5.51. The predicted octanol–water partition coefficient (Wildman–Crippen LogP) is 7.98. The van der Waals surface area contributed by atoms with Gasteiger partial charge in [-0.15, -0.1) is 0 Å². The summed E-state index contributed by atoms with van der Waals surface area (Å²) in [6, 6.07) is 14.4. The lowest BCUT2D eigenvalue weighted by Gasteiger charge is -2.34. The van der Waals surface area contributed by atoms with Gasteiger partial charge < -0.3 is 29.7 Å². The van der Waals surface area contributed by atoms with Gasteiger partial charge >= 0.3 is 12.3 Å². The molecule has 10 nitrogen and oxygen atoms in total. The third kappa shape index (κ3) is 8.62. The first kappa shape index (κ1) is 34.7. The van der Waals surface area contributed by atoms with Crippen LogP contribution in [-0.4, -0.2) is 76.1 Å². The van der Waals surface area contributed by atoms with E-state index in [2.05, 4.69) is 20.6 Å². The van der Waals surface area contributed by atoms with Crippen molar-refractivity contribution in [3.8, 4) is 22.9 Å². The van der Waals surface area contributed by atoms with Gasteiger partial charge in [0.25, 0.3) is 0 Å². The second-order valence-corrected chi connectivity index (χ2v) is 12.6. The number of alkyl halides is 3. The topological polar surface area (TPSA) is 111 Å². The summed E-state index contributed by atoms with van der Waals surface area (Å²) < 4.78 is 57.4. The number of nitrogens with zero attached hydrogens (tertiary/aromatic N) is 4. The van der Waals surface area contributed by atoms with Gasteiger partial charge in [-0.1, -0.05) is 24.3 Å². The minimum Gasteiger partial charge on any atom is -0.444 e. The number of aryl methyl sites for hydroxylation is 1. The Labute approximate surface area is 278 Å². The van der Waals surface area contributed by atoms with Crippen LogP contribution in [0.25, 0.3) is 22.0 Å². The summed E-state index contributed by atoms with van der Waals surface area (Å²) in [5, 5.41) is 7.67. The summed E-state index contributed by atoms with van der Waals surface area (Å²) in [6.45, 7) is 9.55. The van der Waals surface area contributed by atoms with Crippen LogP contribution in [0.15, 0.2) is 60.9 Å². The van der Waals surface area contributed by atoms with Gasteiger partial charge in [0.2, 0.25) is 11.8 Å². The van der Waals surface area contributed by atoms with Crippen molar-refractivity contribution in [3.63, 3.8) is 0 Å². The molecule has 256 valence electrons. The highest BCUT2D eigenvalue weighted by atomic mass is 19.4. The molecule has 0 bridgehead atoms. The Morgan fingerprint density at radius 2 is 1.85 bits per heavy atom. The number of likely N-dealkylation sites (tertiary alicyclic amines) is 1. The van der Waals surface area contributed by atoms with E-state index in [0.717, 1.165) is 18.4 Å². The summed E-state index contributed by atoms with van der Waals surface area (Å²) in [4.78, 5) is 28.0. The number of rotatable bonds is 10. The lowest BCUT2D eigenvalue weighted by atomic mass is 10.0. The standard InChI is InChI=1S/C35H41F3N6O4/c1-6-46-29(35(36,37)38)20-41-27-13-7-11-25-24(27)15-14-22(2)30(25)47-31-26(12-8-17-39-31)28-16-18-40-32(43-28)42-23-10-9-19-44(21-23)33(45)48-34(3,4)5/h7-8,11-18,23,29,41H,6,9-10,19-21H2,1-5H3,(H,40,42,43). The number of benzene rings is 2. The molecule has 13 heteroatoms. The van der Waals surface area contributed by atoms with Crippen LogP contribution in [0, 0.1) is 6.92 Å². The van der Waals surface area contributed by atoms with Crippen LogP contribution < -0.4 is 15.4 Å². The van der Waals surface area contributed by atoms with Crippen LogP contribution in [0.4, 0.5) is 29.6 Å². The molecule has 0 radical (unpaired) electrons. The minimum atomic E-state index is -4.50. The molecule has 2 aromatic carbocycles. The Hall–Kier alpha value is -4.65. The maximum absolute atomic E-state index is 13.5. The van der Waals surface area contributed by atoms with Crippen LogP contribution in [0.1, 0.15) is 46.1 Å². The third-order valence-corrected chi connectivity index (χ3v) is 7.73. The van der Waals surface area contributed by atoms with E-state index in [1.165, 1.54) is 6.92 Å². The molecule has 0 saturated carbocycles. The Morgan fingerprint density at radius 1 is 1.04 bits per heavy atom. The number of amides is 1. The molecule has 0 aliphatic carbocycles. The van der Waals surface area contributed by atoms with Crippen molar-refractivity contribution < 1.29 is 32.2 Å². The molecule has 2 atom stereocenters. The molecular formula is C35H41F3N6O4. The predicted molar refractivity (Wildman–Crippen MR) is 178 cm³/mol. The monoisotopic (exact) mass is 666 g/mol. The number of halogens is 3. The largest absolute Gasteiger partial charge is 0.444 e. The molecule has 5 rings (SSSR count). The highest BCUT2D eigenvalue weighted by Gasteiger charge is 2.40. The van der Waals surface area contributed by atoms with Gasteiger partial charge in [0.15, 0.2) is 6.10 Å². The van der Waals surface area contributed by atoms with Gasteiger partial charge in [-0.2, -0.15) is 13.2 Å². The van der Waals surface area contributed by atoms with Crippen LogP contribution in [0.2, 0.25) is 0 Å². The van der Waals surface area contributed by atoms with E-state index in [-0.39, 0.29) is 18.7 Å². The van der Waals surface area contributed by atoms with Crippen LogP contribution in [-0.2, 0) is 9.47 Å². The Morgan fingerprint density at radius 3 is 2.60 bits per heavy atom. The first-order valence-corrected chi connectivity index (χ1v) is 16.0. The number of carbonyl (C=O) groups excluding carboxylic acids is 1. The number of pyridine rings is 1. The van der Waals surface area contributed by atoms with Crippen LogP contribution >= 0.6 is 0 Å². The van der Waals surface area contributed by atoms with Gasteiger partial charge in [-0.05, 0) is 77.3 Å². The Bertz CT molecular complexity index is 1730. The Balaban J connectivity index is 1.37. The molecule has 1 saturated heterocycles. The average molecular weight is 667 g/mol. The SMILES string of the molecule is CCOC(CNc1cccc2c(Oc3ncccc3-c3ccnc(NC4CCCN(C(=O)OC(C)(C)C)C4)n3)c(C)ccc12)C(F)(F)F. The summed E-state index contributed by atoms with van der Waals surface area (Å²) in [6.07, 6.45) is -1.87. The van der Waals surface area contributed by atoms with E-state index in [4.69, 9.17) is 19.2 Å². The zero-order valence-electron chi connectivity index (χ0n) is 27.7.